The summed E-state index contributed by atoms with van der Waals surface area (Å²) in [5.74, 6) is 0.608. The molecular formula is C22H24N4O2. The van der Waals surface area contributed by atoms with Crippen LogP contribution in [0.1, 0.15) is 36.8 Å². The van der Waals surface area contributed by atoms with Crippen LogP contribution >= 0.6 is 0 Å². The summed E-state index contributed by atoms with van der Waals surface area (Å²) in [6.07, 6.45) is 1.55. The standard InChI is InChI=1S/C22H24N4O2/c1-22(2,3)15-9-11-16(12-10-15)24-21-23-14-13-18(26-21)20(27)25-17-7-5-6-8-19(17)28-4/h5-14H,1-4H3,(H,25,27)(H,23,24,26). The minimum atomic E-state index is -0.335. The number of amides is 1. The lowest BCUT2D eigenvalue weighted by molar-refractivity contribution is 0.102. The highest BCUT2D eigenvalue weighted by Gasteiger charge is 2.14. The van der Waals surface area contributed by atoms with E-state index in [9.17, 15) is 4.79 Å². The van der Waals surface area contributed by atoms with E-state index in [1.807, 2.05) is 24.3 Å². The van der Waals surface area contributed by atoms with E-state index >= 15 is 0 Å². The van der Waals surface area contributed by atoms with E-state index in [0.29, 0.717) is 17.4 Å². The van der Waals surface area contributed by atoms with Crippen LogP contribution in [0.15, 0.2) is 60.8 Å². The summed E-state index contributed by atoms with van der Waals surface area (Å²) in [5.41, 5.74) is 3.03. The van der Waals surface area contributed by atoms with Gasteiger partial charge in [-0.3, -0.25) is 4.79 Å². The maximum absolute atomic E-state index is 12.6. The van der Waals surface area contributed by atoms with E-state index in [1.165, 1.54) is 5.56 Å². The van der Waals surface area contributed by atoms with Crippen LogP contribution in [0.4, 0.5) is 17.3 Å². The van der Waals surface area contributed by atoms with Crippen molar-refractivity contribution in [2.75, 3.05) is 17.7 Å². The average molecular weight is 376 g/mol. The summed E-state index contributed by atoms with van der Waals surface area (Å²) < 4.78 is 5.26. The normalized spacial score (nSPS) is 11.0. The predicted octanol–water partition coefficient (Wildman–Crippen LogP) is 4.78. The first-order valence-electron chi connectivity index (χ1n) is 9.02. The highest BCUT2D eigenvalue weighted by molar-refractivity contribution is 6.03. The van der Waals surface area contributed by atoms with Crippen molar-refractivity contribution in [1.82, 2.24) is 9.97 Å². The second-order valence-electron chi connectivity index (χ2n) is 7.37. The number of ether oxygens (including phenoxy) is 1. The van der Waals surface area contributed by atoms with Crippen molar-refractivity contribution >= 4 is 23.2 Å². The fraction of sp³-hybridized carbons (Fsp3) is 0.227. The van der Waals surface area contributed by atoms with Crippen molar-refractivity contribution in [2.24, 2.45) is 0 Å². The summed E-state index contributed by atoms with van der Waals surface area (Å²) in [6.45, 7) is 6.51. The molecule has 6 heteroatoms. The van der Waals surface area contributed by atoms with Gasteiger partial charge in [0.05, 0.1) is 12.8 Å². The number of aromatic nitrogens is 2. The van der Waals surface area contributed by atoms with E-state index in [2.05, 4.69) is 53.5 Å². The van der Waals surface area contributed by atoms with Crippen LogP contribution in [0.2, 0.25) is 0 Å². The zero-order valence-corrected chi connectivity index (χ0v) is 16.5. The Kier molecular flexibility index (Phi) is 5.59. The first-order valence-corrected chi connectivity index (χ1v) is 9.02. The van der Waals surface area contributed by atoms with Crippen LogP contribution in [-0.2, 0) is 5.41 Å². The van der Waals surface area contributed by atoms with Gasteiger partial charge in [0.25, 0.3) is 5.91 Å². The van der Waals surface area contributed by atoms with Gasteiger partial charge in [0.15, 0.2) is 0 Å². The molecule has 0 saturated heterocycles. The number of rotatable bonds is 5. The molecule has 0 radical (unpaired) electrons. The zero-order valence-electron chi connectivity index (χ0n) is 16.5. The fourth-order valence-electron chi connectivity index (χ4n) is 2.66. The lowest BCUT2D eigenvalue weighted by atomic mass is 9.87. The number of carbonyl (C=O) groups excluding carboxylic acids is 1. The Morgan fingerprint density at radius 1 is 1.00 bits per heavy atom. The Bertz CT molecular complexity index is 963. The molecule has 1 amide bonds. The molecular weight excluding hydrogens is 352 g/mol. The van der Waals surface area contributed by atoms with E-state index in [1.54, 1.807) is 31.5 Å². The third-order valence-electron chi connectivity index (χ3n) is 4.25. The van der Waals surface area contributed by atoms with Gasteiger partial charge in [-0.25, -0.2) is 9.97 Å². The topological polar surface area (TPSA) is 76.1 Å². The molecule has 6 nitrogen and oxygen atoms in total. The van der Waals surface area contributed by atoms with Crippen molar-refractivity contribution in [3.63, 3.8) is 0 Å². The van der Waals surface area contributed by atoms with Crippen LogP contribution in [0.3, 0.4) is 0 Å². The minimum absolute atomic E-state index is 0.0888. The van der Waals surface area contributed by atoms with Crippen LogP contribution in [-0.4, -0.2) is 23.0 Å². The maximum atomic E-state index is 12.6. The summed E-state index contributed by atoms with van der Waals surface area (Å²) in [6, 6.07) is 16.9. The summed E-state index contributed by atoms with van der Waals surface area (Å²) in [4.78, 5) is 21.1. The van der Waals surface area contributed by atoms with Gasteiger partial charge in [-0.15, -0.1) is 0 Å². The molecule has 144 valence electrons. The monoisotopic (exact) mass is 376 g/mol. The van der Waals surface area contributed by atoms with Gasteiger partial charge in [-0.05, 0) is 41.3 Å². The third-order valence-corrected chi connectivity index (χ3v) is 4.25. The maximum Gasteiger partial charge on any atom is 0.274 e. The van der Waals surface area contributed by atoms with Crippen molar-refractivity contribution in [2.45, 2.75) is 26.2 Å². The molecule has 0 aliphatic carbocycles. The smallest absolute Gasteiger partial charge is 0.274 e. The molecule has 2 N–H and O–H groups in total. The Morgan fingerprint density at radius 2 is 1.71 bits per heavy atom. The molecule has 0 saturated carbocycles. The minimum Gasteiger partial charge on any atom is -0.495 e. The van der Waals surface area contributed by atoms with E-state index < -0.39 is 0 Å². The summed E-state index contributed by atoms with van der Waals surface area (Å²) in [7, 11) is 1.56. The molecule has 1 aromatic heterocycles. The number of hydrogen-bond donors (Lipinski definition) is 2. The van der Waals surface area contributed by atoms with Crippen molar-refractivity contribution in [3.8, 4) is 5.75 Å². The van der Waals surface area contributed by atoms with Crippen LogP contribution in [0.5, 0.6) is 5.75 Å². The number of nitrogens with one attached hydrogen (secondary N) is 2. The second kappa shape index (κ2) is 8.08. The highest BCUT2D eigenvalue weighted by atomic mass is 16.5. The zero-order chi connectivity index (χ0) is 20.1. The van der Waals surface area contributed by atoms with Gasteiger partial charge in [0, 0.05) is 11.9 Å². The molecule has 0 unspecified atom stereocenters. The van der Waals surface area contributed by atoms with E-state index in [4.69, 9.17) is 4.74 Å². The number of benzene rings is 2. The van der Waals surface area contributed by atoms with E-state index in [0.717, 1.165) is 5.69 Å². The Labute approximate surface area is 165 Å². The molecule has 0 aliphatic heterocycles. The molecule has 0 aliphatic rings. The summed E-state index contributed by atoms with van der Waals surface area (Å²) >= 11 is 0. The van der Waals surface area contributed by atoms with Gasteiger partial charge in [-0.1, -0.05) is 45.0 Å². The Balaban J connectivity index is 1.74. The van der Waals surface area contributed by atoms with Gasteiger partial charge in [0.2, 0.25) is 5.95 Å². The lowest BCUT2D eigenvalue weighted by Gasteiger charge is -2.19. The van der Waals surface area contributed by atoms with Gasteiger partial charge in [0.1, 0.15) is 11.4 Å². The molecule has 0 spiro atoms. The average Bonchev–Trinajstić information content (AvgIpc) is 2.68. The van der Waals surface area contributed by atoms with Crippen molar-refractivity contribution in [1.29, 1.82) is 0 Å². The Morgan fingerprint density at radius 3 is 2.39 bits per heavy atom. The van der Waals surface area contributed by atoms with Gasteiger partial charge in [-0.2, -0.15) is 0 Å². The number of para-hydroxylation sites is 2. The molecule has 1 heterocycles. The van der Waals surface area contributed by atoms with Crippen LogP contribution in [0.25, 0.3) is 0 Å². The van der Waals surface area contributed by atoms with Crippen molar-refractivity contribution < 1.29 is 9.53 Å². The molecule has 28 heavy (non-hydrogen) atoms. The number of hydrogen-bond acceptors (Lipinski definition) is 5. The second-order valence-corrected chi connectivity index (χ2v) is 7.37. The molecule has 3 aromatic rings. The molecule has 0 atom stereocenters. The first-order chi connectivity index (χ1) is 13.4. The van der Waals surface area contributed by atoms with Gasteiger partial charge < -0.3 is 15.4 Å². The number of nitrogens with zero attached hydrogens (tertiary/aromatic N) is 2. The Hall–Kier alpha value is -3.41. The van der Waals surface area contributed by atoms with Crippen LogP contribution in [0, 0.1) is 0 Å². The number of anilines is 3. The molecule has 0 fully saturated rings. The highest BCUT2D eigenvalue weighted by Crippen LogP contribution is 2.25. The van der Waals surface area contributed by atoms with E-state index in [-0.39, 0.29) is 17.0 Å². The first kappa shape index (κ1) is 19.4. The predicted molar refractivity (Wildman–Crippen MR) is 111 cm³/mol. The summed E-state index contributed by atoms with van der Waals surface area (Å²) in [5, 5.41) is 5.95. The SMILES string of the molecule is COc1ccccc1NC(=O)c1ccnc(Nc2ccc(C(C)(C)C)cc2)n1. The molecule has 3 rings (SSSR count). The fourth-order valence-corrected chi connectivity index (χ4v) is 2.66. The van der Waals surface area contributed by atoms with Crippen molar-refractivity contribution in [3.05, 3.63) is 72.1 Å². The van der Waals surface area contributed by atoms with Gasteiger partial charge >= 0.3 is 0 Å². The third kappa shape index (κ3) is 4.65. The lowest BCUT2D eigenvalue weighted by Crippen LogP contribution is -2.15. The largest absolute Gasteiger partial charge is 0.495 e. The number of carbonyl (C=O) groups is 1. The molecule has 2 aromatic carbocycles. The quantitative estimate of drug-likeness (QED) is 0.670. The molecule has 0 bridgehead atoms. The van der Waals surface area contributed by atoms with Crippen LogP contribution < -0.4 is 15.4 Å². The number of methoxy groups -OCH3 is 1.